The molecule has 0 bridgehead atoms. The number of amides is 1. The highest BCUT2D eigenvalue weighted by Crippen LogP contribution is 2.28. The van der Waals surface area contributed by atoms with Crippen LogP contribution in [-0.4, -0.2) is 30.3 Å². The Morgan fingerprint density at radius 2 is 1.80 bits per heavy atom. The Labute approximate surface area is 149 Å². The first-order valence-electron chi connectivity index (χ1n) is 7.59. The smallest absolute Gasteiger partial charge is 0.257 e. The number of carbonyl (C=O) groups is 1. The van der Waals surface area contributed by atoms with E-state index in [-0.39, 0.29) is 5.91 Å². The van der Waals surface area contributed by atoms with E-state index >= 15 is 0 Å². The van der Waals surface area contributed by atoms with Gasteiger partial charge in [0.2, 0.25) is 5.13 Å². The van der Waals surface area contributed by atoms with Crippen LogP contribution in [0, 0.1) is 0 Å². The van der Waals surface area contributed by atoms with E-state index < -0.39 is 0 Å². The van der Waals surface area contributed by atoms with Crippen LogP contribution in [0.5, 0.6) is 11.5 Å². The number of benzene rings is 2. The Balaban J connectivity index is 1.69. The third-order valence-corrected chi connectivity index (χ3v) is 4.37. The highest BCUT2D eigenvalue weighted by Gasteiger charge is 2.13. The molecular weight excluding hydrogens is 338 g/mol. The standard InChI is InChI=1S/C18H17N3O3S/c1-23-14-9-8-13(11-15(14)24-2)17(22)19-18-21-20-16(25-18)10-12-6-4-3-5-7-12/h3-9,11H,10H2,1-2H3,(H,19,21,22). The summed E-state index contributed by atoms with van der Waals surface area (Å²) >= 11 is 1.36. The van der Waals surface area contributed by atoms with Gasteiger partial charge < -0.3 is 9.47 Å². The molecule has 3 aromatic rings. The van der Waals surface area contributed by atoms with Crippen LogP contribution >= 0.6 is 11.3 Å². The molecule has 1 aromatic heterocycles. The molecule has 0 spiro atoms. The van der Waals surface area contributed by atoms with E-state index in [4.69, 9.17) is 9.47 Å². The van der Waals surface area contributed by atoms with Crippen LogP contribution < -0.4 is 14.8 Å². The van der Waals surface area contributed by atoms with E-state index in [1.807, 2.05) is 30.3 Å². The Hall–Kier alpha value is -2.93. The van der Waals surface area contributed by atoms with E-state index in [2.05, 4.69) is 15.5 Å². The lowest BCUT2D eigenvalue weighted by molar-refractivity contribution is 0.102. The number of hydrogen-bond acceptors (Lipinski definition) is 6. The molecule has 0 saturated heterocycles. The van der Waals surface area contributed by atoms with E-state index in [0.29, 0.717) is 28.6 Å². The van der Waals surface area contributed by atoms with Crippen LogP contribution in [0.2, 0.25) is 0 Å². The lowest BCUT2D eigenvalue weighted by Crippen LogP contribution is -2.11. The van der Waals surface area contributed by atoms with Crippen molar-refractivity contribution >= 4 is 22.4 Å². The second-order valence-corrected chi connectivity index (χ2v) is 6.25. The molecule has 3 rings (SSSR count). The van der Waals surface area contributed by atoms with E-state index in [1.165, 1.54) is 18.4 Å². The van der Waals surface area contributed by atoms with E-state index in [0.717, 1.165) is 10.6 Å². The van der Waals surface area contributed by atoms with Gasteiger partial charge in [0.15, 0.2) is 11.5 Å². The Morgan fingerprint density at radius 1 is 1.04 bits per heavy atom. The zero-order valence-electron chi connectivity index (χ0n) is 13.9. The van der Waals surface area contributed by atoms with E-state index in [1.54, 1.807) is 25.3 Å². The molecule has 0 atom stereocenters. The van der Waals surface area contributed by atoms with Crippen molar-refractivity contribution < 1.29 is 14.3 Å². The molecule has 0 aliphatic heterocycles. The molecule has 7 heteroatoms. The predicted octanol–water partition coefficient (Wildman–Crippen LogP) is 3.40. The maximum Gasteiger partial charge on any atom is 0.257 e. The molecule has 25 heavy (non-hydrogen) atoms. The second kappa shape index (κ2) is 7.76. The topological polar surface area (TPSA) is 73.3 Å². The summed E-state index contributed by atoms with van der Waals surface area (Å²) in [6.45, 7) is 0. The Bertz CT molecular complexity index is 865. The van der Waals surface area contributed by atoms with Gasteiger partial charge >= 0.3 is 0 Å². The summed E-state index contributed by atoms with van der Waals surface area (Å²) in [4.78, 5) is 12.4. The van der Waals surface area contributed by atoms with E-state index in [9.17, 15) is 4.79 Å². The number of rotatable bonds is 6. The average molecular weight is 355 g/mol. The minimum atomic E-state index is -0.275. The minimum Gasteiger partial charge on any atom is -0.493 e. The molecular formula is C18H17N3O3S. The number of nitrogens with zero attached hydrogens (tertiary/aromatic N) is 2. The fraction of sp³-hybridized carbons (Fsp3) is 0.167. The SMILES string of the molecule is COc1ccc(C(=O)Nc2nnc(Cc3ccccc3)s2)cc1OC. The molecule has 1 amide bonds. The van der Waals surface area contributed by atoms with Crippen molar-refractivity contribution in [2.75, 3.05) is 19.5 Å². The number of ether oxygens (including phenoxy) is 2. The molecule has 0 fully saturated rings. The van der Waals surface area contributed by atoms with Gasteiger partial charge in [-0.3, -0.25) is 10.1 Å². The molecule has 0 unspecified atom stereocenters. The molecule has 0 aliphatic rings. The first-order valence-corrected chi connectivity index (χ1v) is 8.41. The monoisotopic (exact) mass is 355 g/mol. The molecule has 0 aliphatic carbocycles. The zero-order valence-corrected chi connectivity index (χ0v) is 14.7. The largest absolute Gasteiger partial charge is 0.493 e. The average Bonchev–Trinajstić information content (AvgIpc) is 3.08. The van der Waals surface area contributed by atoms with Gasteiger partial charge in [0, 0.05) is 12.0 Å². The first kappa shape index (κ1) is 16.9. The predicted molar refractivity (Wildman–Crippen MR) is 96.7 cm³/mol. The molecule has 2 aromatic carbocycles. The van der Waals surface area contributed by atoms with Crippen molar-refractivity contribution in [2.24, 2.45) is 0 Å². The number of nitrogens with one attached hydrogen (secondary N) is 1. The normalized spacial score (nSPS) is 10.3. The van der Waals surface area contributed by atoms with Crippen LogP contribution in [-0.2, 0) is 6.42 Å². The van der Waals surface area contributed by atoms with Crippen molar-refractivity contribution in [3.63, 3.8) is 0 Å². The van der Waals surface area contributed by atoms with Gasteiger partial charge in [-0.1, -0.05) is 41.7 Å². The molecule has 1 heterocycles. The molecule has 1 N–H and O–H groups in total. The Kier molecular flexibility index (Phi) is 5.25. The number of hydrogen-bond donors (Lipinski definition) is 1. The summed E-state index contributed by atoms with van der Waals surface area (Å²) in [7, 11) is 3.08. The second-order valence-electron chi connectivity index (χ2n) is 5.19. The van der Waals surface area contributed by atoms with Crippen LogP contribution in [0.4, 0.5) is 5.13 Å². The quantitative estimate of drug-likeness (QED) is 0.734. The van der Waals surface area contributed by atoms with Crippen LogP contribution in [0.3, 0.4) is 0 Å². The molecule has 0 saturated carbocycles. The van der Waals surface area contributed by atoms with Crippen molar-refractivity contribution in [3.05, 3.63) is 64.7 Å². The summed E-state index contributed by atoms with van der Waals surface area (Å²) in [5.41, 5.74) is 1.61. The fourth-order valence-corrected chi connectivity index (χ4v) is 3.06. The van der Waals surface area contributed by atoms with Crippen LogP contribution in [0.1, 0.15) is 20.9 Å². The number of methoxy groups -OCH3 is 2. The van der Waals surface area contributed by atoms with Crippen LogP contribution in [0.25, 0.3) is 0 Å². The van der Waals surface area contributed by atoms with Gasteiger partial charge in [0.25, 0.3) is 5.91 Å². The summed E-state index contributed by atoms with van der Waals surface area (Å²) in [6.07, 6.45) is 0.685. The van der Waals surface area contributed by atoms with Crippen LogP contribution in [0.15, 0.2) is 48.5 Å². The highest BCUT2D eigenvalue weighted by atomic mass is 32.1. The van der Waals surface area contributed by atoms with Gasteiger partial charge in [-0.2, -0.15) is 0 Å². The minimum absolute atomic E-state index is 0.275. The van der Waals surface area contributed by atoms with Gasteiger partial charge in [-0.15, -0.1) is 10.2 Å². The molecule has 6 nitrogen and oxygen atoms in total. The van der Waals surface area contributed by atoms with Crippen molar-refractivity contribution in [2.45, 2.75) is 6.42 Å². The number of aromatic nitrogens is 2. The van der Waals surface area contributed by atoms with Gasteiger partial charge in [-0.25, -0.2) is 0 Å². The van der Waals surface area contributed by atoms with Gasteiger partial charge in [-0.05, 0) is 23.8 Å². The van der Waals surface area contributed by atoms with Crippen molar-refractivity contribution in [3.8, 4) is 11.5 Å². The highest BCUT2D eigenvalue weighted by molar-refractivity contribution is 7.15. The van der Waals surface area contributed by atoms with Crippen molar-refractivity contribution in [1.29, 1.82) is 0 Å². The summed E-state index contributed by atoms with van der Waals surface area (Å²) in [6, 6.07) is 15.0. The van der Waals surface area contributed by atoms with Crippen molar-refractivity contribution in [1.82, 2.24) is 10.2 Å². The number of carbonyl (C=O) groups excluding carboxylic acids is 1. The summed E-state index contributed by atoms with van der Waals surface area (Å²) in [5.74, 6) is 0.792. The third kappa shape index (κ3) is 4.13. The molecule has 128 valence electrons. The zero-order chi connectivity index (χ0) is 17.6. The van der Waals surface area contributed by atoms with Gasteiger partial charge in [0.05, 0.1) is 14.2 Å². The third-order valence-electron chi connectivity index (χ3n) is 3.53. The number of anilines is 1. The maximum atomic E-state index is 12.4. The fourth-order valence-electron chi connectivity index (χ4n) is 2.29. The lowest BCUT2D eigenvalue weighted by Gasteiger charge is -2.08. The first-order chi connectivity index (χ1) is 12.2. The maximum absolute atomic E-state index is 12.4. The Morgan fingerprint density at radius 3 is 2.52 bits per heavy atom. The molecule has 0 radical (unpaired) electrons. The van der Waals surface area contributed by atoms with Gasteiger partial charge in [0.1, 0.15) is 5.01 Å². The summed E-state index contributed by atoms with van der Waals surface area (Å²) < 4.78 is 10.4. The lowest BCUT2D eigenvalue weighted by atomic mass is 10.2. The summed E-state index contributed by atoms with van der Waals surface area (Å²) in [5, 5.41) is 12.2.